The monoisotopic (exact) mass is 378 g/mol. The molecule has 148 valence electrons. The number of piperidine rings is 1. The lowest BCUT2D eigenvalue weighted by atomic mass is 9.95. The molecule has 2 amide bonds. The van der Waals surface area contributed by atoms with Crippen LogP contribution in [0.15, 0.2) is 54.6 Å². The fourth-order valence-corrected chi connectivity index (χ4v) is 3.67. The fourth-order valence-electron chi connectivity index (χ4n) is 3.67. The first-order valence-electron chi connectivity index (χ1n) is 10.3. The van der Waals surface area contributed by atoms with Gasteiger partial charge in [0.2, 0.25) is 11.8 Å². The van der Waals surface area contributed by atoms with E-state index in [-0.39, 0.29) is 17.7 Å². The third-order valence-corrected chi connectivity index (χ3v) is 5.51. The van der Waals surface area contributed by atoms with Gasteiger partial charge in [0.15, 0.2) is 0 Å². The van der Waals surface area contributed by atoms with E-state index in [9.17, 15) is 9.59 Å². The van der Waals surface area contributed by atoms with E-state index in [0.29, 0.717) is 25.4 Å². The number of amides is 2. The van der Waals surface area contributed by atoms with E-state index < -0.39 is 0 Å². The van der Waals surface area contributed by atoms with Crippen molar-refractivity contribution in [2.24, 2.45) is 5.92 Å². The van der Waals surface area contributed by atoms with E-state index in [2.05, 4.69) is 37.4 Å². The van der Waals surface area contributed by atoms with E-state index in [4.69, 9.17) is 0 Å². The number of anilines is 1. The molecule has 0 radical (unpaired) electrons. The first-order valence-corrected chi connectivity index (χ1v) is 10.3. The Morgan fingerprint density at radius 2 is 1.75 bits per heavy atom. The Labute approximate surface area is 167 Å². The molecule has 0 aliphatic carbocycles. The van der Waals surface area contributed by atoms with Gasteiger partial charge in [0.05, 0.1) is 0 Å². The summed E-state index contributed by atoms with van der Waals surface area (Å²) in [4.78, 5) is 27.0. The lowest BCUT2D eigenvalue weighted by Gasteiger charge is -2.31. The van der Waals surface area contributed by atoms with Crippen molar-refractivity contribution in [1.29, 1.82) is 0 Å². The number of nitrogens with zero attached hydrogens (tertiary/aromatic N) is 1. The van der Waals surface area contributed by atoms with Gasteiger partial charge in [-0.1, -0.05) is 56.3 Å². The van der Waals surface area contributed by atoms with Crippen LogP contribution in [0.5, 0.6) is 0 Å². The summed E-state index contributed by atoms with van der Waals surface area (Å²) >= 11 is 0. The second-order valence-electron chi connectivity index (χ2n) is 7.91. The summed E-state index contributed by atoms with van der Waals surface area (Å²) in [6, 6.07) is 18.1. The zero-order valence-corrected chi connectivity index (χ0v) is 16.9. The number of benzene rings is 2. The number of hydrogen-bond acceptors (Lipinski definition) is 2. The lowest BCUT2D eigenvalue weighted by molar-refractivity contribution is -0.134. The van der Waals surface area contributed by atoms with Gasteiger partial charge in [-0.3, -0.25) is 9.59 Å². The summed E-state index contributed by atoms with van der Waals surface area (Å²) in [6.45, 7) is 5.62. The van der Waals surface area contributed by atoms with Crippen molar-refractivity contribution >= 4 is 17.5 Å². The number of carbonyl (C=O) groups excluding carboxylic acids is 2. The molecule has 0 saturated carbocycles. The Morgan fingerprint density at radius 1 is 1.04 bits per heavy atom. The summed E-state index contributed by atoms with van der Waals surface area (Å²) in [5.74, 6) is 0.660. The van der Waals surface area contributed by atoms with E-state index >= 15 is 0 Å². The van der Waals surface area contributed by atoms with Crippen molar-refractivity contribution in [3.05, 3.63) is 65.7 Å². The van der Waals surface area contributed by atoms with Crippen LogP contribution in [0.2, 0.25) is 0 Å². The molecule has 0 unspecified atom stereocenters. The molecule has 0 bridgehead atoms. The molecular weight excluding hydrogens is 348 g/mol. The maximum absolute atomic E-state index is 12.6. The molecule has 4 nitrogen and oxygen atoms in total. The average Bonchev–Trinajstić information content (AvgIpc) is 2.73. The SMILES string of the molecule is CC(C)c1cccc(NC(=O)C2CCN(C(=O)CCc3ccccc3)CC2)c1. The van der Waals surface area contributed by atoms with E-state index in [1.54, 1.807) is 0 Å². The van der Waals surface area contributed by atoms with Gasteiger partial charge in [0.1, 0.15) is 0 Å². The molecule has 0 atom stereocenters. The quantitative estimate of drug-likeness (QED) is 0.797. The Hall–Kier alpha value is -2.62. The van der Waals surface area contributed by atoms with Gasteiger partial charge in [-0.25, -0.2) is 0 Å². The van der Waals surface area contributed by atoms with Crippen LogP contribution in [-0.4, -0.2) is 29.8 Å². The standard InChI is InChI=1S/C24H30N2O2/c1-18(2)21-9-6-10-22(17-21)25-24(28)20-13-15-26(16-14-20)23(27)12-11-19-7-4-3-5-8-19/h3-10,17-18,20H,11-16H2,1-2H3,(H,25,28). The highest BCUT2D eigenvalue weighted by Gasteiger charge is 2.27. The molecule has 2 aromatic rings. The van der Waals surface area contributed by atoms with Crippen molar-refractivity contribution in [3.63, 3.8) is 0 Å². The van der Waals surface area contributed by atoms with Crippen LogP contribution < -0.4 is 5.32 Å². The summed E-state index contributed by atoms with van der Waals surface area (Å²) in [5, 5.41) is 3.06. The highest BCUT2D eigenvalue weighted by molar-refractivity contribution is 5.92. The minimum absolute atomic E-state index is 0.0270. The van der Waals surface area contributed by atoms with Gasteiger partial charge in [-0.15, -0.1) is 0 Å². The van der Waals surface area contributed by atoms with Gasteiger partial charge in [-0.2, -0.15) is 0 Å². The molecule has 1 heterocycles. The van der Waals surface area contributed by atoms with Crippen LogP contribution in [0.4, 0.5) is 5.69 Å². The van der Waals surface area contributed by atoms with Crippen molar-refractivity contribution in [2.45, 2.75) is 45.4 Å². The third-order valence-electron chi connectivity index (χ3n) is 5.51. The van der Waals surface area contributed by atoms with Crippen LogP contribution in [0.1, 0.15) is 50.2 Å². The van der Waals surface area contributed by atoms with Crippen molar-refractivity contribution in [2.75, 3.05) is 18.4 Å². The molecular formula is C24H30N2O2. The second-order valence-corrected chi connectivity index (χ2v) is 7.91. The Balaban J connectivity index is 1.46. The average molecular weight is 379 g/mol. The maximum atomic E-state index is 12.6. The highest BCUT2D eigenvalue weighted by Crippen LogP contribution is 2.22. The van der Waals surface area contributed by atoms with Gasteiger partial charge >= 0.3 is 0 Å². The Bertz CT molecular complexity index is 793. The third kappa shape index (κ3) is 5.44. The molecule has 4 heteroatoms. The van der Waals surface area contributed by atoms with Crippen LogP contribution in [0.25, 0.3) is 0 Å². The second kappa shape index (κ2) is 9.54. The number of likely N-dealkylation sites (tertiary alicyclic amines) is 1. The number of carbonyl (C=O) groups is 2. The molecule has 28 heavy (non-hydrogen) atoms. The Kier molecular flexibility index (Phi) is 6.85. The zero-order chi connectivity index (χ0) is 19.9. The smallest absolute Gasteiger partial charge is 0.227 e. The van der Waals surface area contributed by atoms with E-state index in [1.807, 2.05) is 41.3 Å². The van der Waals surface area contributed by atoms with Crippen molar-refractivity contribution < 1.29 is 9.59 Å². The molecule has 0 spiro atoms. The largest absolute Gasteiger partial charge is 0.343 e. The van der Waals surface area contributed by atoms with Gasteiger partial charge in [0, 0.05) is 31.1 Å². The van der Waals surface area contributed by atoms with Gasteiger partial charge < -0.3 is 10.2 Å². The van der Waals surface area contributed by atoms with Crippen molar-refractivity contribution in [3.8, 4) is 0 Å². The first-order chi connectivity index (χ1) is 13.5. The maximum Gasteiger partial charge on any atom is 0.227 e. The number of rotatable bonds is 6. The molecule has 1 aliphatic rings. The molecule has 3 rings (SSSR count). The summed E-state index contributed by atoms with van der Waals surface area (Å²) in [7, 11) is 0. The predicted molar refractivity (Wildman–Crippen MR) is 113 cm³/mol. The van der Waals surface area contributed by atoms with Gasteiger partial charge in [-0.05, 0) is 48.4 Å². The minimum atomic E-state index is -0.0270. The Morgan fingerprint density at radius 3 is 2.43 bits per heavy atom. The van der Waals surface area contributed by atoms with E-state index in [0.717, 1.165) is 24.9 Å². The van der Waals surface area contributed by atoms with Crippen LogP contribution in [0, 0.1) is 5.92 Å². The lowest BCUT2D eigenvalue weighted by Crippen LogP contribution is -2.41. The molecule has 2 aromatic carbocycles. The fraction of sp³-hybridized carbons (Fsp3) is 0.417. The van der Waals surface area contributed by atoms with Gasteiger partial charge in [0.25, 0.3) is 0 Å². The molecule has 1 aliphatic heterocycles. The first kappa shape index (κ1) is 20.1. The van der Waals surface area contributed by atoms with Crippen LogP contribution in [0.3, 0.4) is 0 Å². The zero-order valence-electron chi connectivity index (χ0n) is 16.9. The number of aryl methyl sites for hydroxylation is 1. The number of nitrogens with one attached hydrogen (secondary N) is 1. The number of hydrogen-bond donors (Lipinski definition) is 1. The van der Waals surface area contributed by atoms with Crippen LogP contribution >= 0.6 is 0 Å². The predicted octanol–water partition coefficient (Wildman–Crippen LogP) is 4.62. The summed E-state index contributed by atoms with van der Waals surface area (Å²) < 4.78 is 0. The molecule has 0 aromatic heterocycles. The molecule has 1 fully saturated rings. The van der Waals surface area contributed by atoms with E-state index in [1.165, 1.54) is 11.1 Å². The highest BCUT2D eigenvalue weighted by atomic mass is 16.2. The normalized spacial score (nSPS) is 14.9. The summed E-state index contributed by atoms with van der Waals surface area (Å²) in [5.41, 5.74) is 3.27. The van der Waals surface area contributed by atoms with Crippen LogP contribution in [-0.2, 0) is 16.0 Å². The molecule has 1 N–H and O–H groups in total. The topological polar surface area (TPSA) is 49.4 Å². The minimum Gasteiger partial charge on any atom is -0.343 e. The van der Waals surface area contributed by atoms with Crippen molar-refractivity contribution in [1.82, 2.24) is 4.90 Å². The summed E-state index contributed by atoms with van der Waals surface area (Å²) in [6.07, 6.45) is 2.76. The molecule has 1 saturated heterocycles.